The minimum absolute atomic E-state index is 0.0530. The Bertz CT molecular complexity index is 1770. The van der Waals surface area contributed by atoms with Gasteiger partial charge in [0, 0.05) is 34.0 Å². The number of aryl methyl sites for hydroxylation is 1. The lowest BCUT2D eigenvalue weighted by atomic mass is 9.96. The summed E-state index contributed by atoms with van der Waals surface area (Å²) in [6.45, 7) is 2.05. The second-order valence-electron chi connectivity index (χ2n) is 8.23. The molecule has 12 heteroatoms. The monoisotopic (exact) mass is 541 g/mol. The van der Waals surface area contributed by atoms with Gasteiger partial charge in [-0.2, -0.15) is 5.26 Å². The van der Waals surface area contributed by atoms with Crippen molar-refractivity contribution in [3.63, 3.8) is 0 Å². The average molecular weight is 542 g/mol. The SMILES string of the molecule is CCc1ccc(-c2c(C#N)c(N)nc3sc(C(=O)Nc4nc(-c5cccc([N+](=O)[O-])c5)cs4)c(N)c23)cc1. The normalized spacial score (nSPS) is 10.8. The number of carbonyl (C=O) groups excluding carboxylic acids is 1. The Labute approximate surface area is 224 Å². The van der Waals surface area contributed by atoms with E-state index in [1.807, 2.05) is 24.3 Å². The molecule has 0 spiro atoms. The Morgan fingerprint density at radius 2 is 1.92 bits per heavy atom. The van der Waals surface area contributed by atoms with Gasteiger partial charge in [-0.3, -0.25) is 20.2 Å². The van der Waals surface area contributed by atoms with E-state index in [0.29, 0.717) is 32.2 Å². The molecule has 0 saturated carbocycles. The predicted octanol–water partition coefficient (Wildman–Crippen LogP) is 5.85. The van der Waals surface area contributed by atoms with Gasteiger partial charge < -0.3 is 11.5 Å². The zero-order chi connectivity index (χ0) is 27.0. The molecular formula is C26H19N7O3S2. The lowest BCUT2D eigenvalue weighted by molar-refractivity contribution is -0.384. The molecule has 2 aromatic carbocycles. The van der Waals surface area contributed by atoms with E-state index in [1.165, 1.54) is 23.5 Å². The highest BCUT2D eigenvalue weighted by atomic mass is 32.1. The van der Waals surface area contributed by atoms with Crippen molar-refractivity contribution in [3.05, 3.63) is 80.0 Å². The minimum Gasteiger partial charge on any atom is -0.397 e. The number of carbonyl (C=O) groups is 1. The van der Waals surface area contributed by atoms with Gasteiger partial charge in [0.1, 0.15) is 27.2 Å². The third-order valence-corrected chi connectivity index (χ3v) is 7.81. The fourth-order valence-corrected chi connectivity index (χ4v) is 5.77. The van der Waals surface area contributed by atoms with E-state index in [1.54, 1.807) is 17.5 Å². The van der Waals surface area contributed by atoms with Gasteiger partial charge in [0.05, 0.1) is 16.3 Å². The molecule has 38 heavy (non-hydrogen) atoms. The zero-order valence-electron chi connectivity index (χ0n) is 19.9. The van der Waals surface area contributed by atoms with Crippen LogP contribution in [0.5, 0.6) is 0 Å². The number of rotatable bonds is 6. The van der Waals surface area contributed by atoms with E-state index in [9.17, 15) is 20.2 Å². The van der Waals surface area contributed by atoms with E-state index in [-0.39, 0.29) is 27.6 Å². The summed E-state index contributed by atoms with van der Waals surface area (Å²) < 4.78 is 0. The van der Waals surface area contributed by atoms with E-state index < -0.39 is 10.8 Å². The summed E-state index contributed by atoms with van der Waals surface area (Å²) in [5.74, 6) is -0.431. The van der Waals surface area contributed by atoms with E-state index >= 15 is 0 Å². The zero-order valence-corrected chi connectivity index (χ0v) is 21.5. The summed E-state index contributed by atoms with van der Waals surface area (Å²) in [6, 6.07) is 16.0. The number of hydrogen-bond donors (Lipinski definition) is 3. The maximum Gasteiger partial charge on any atom is 0.270 e. The molecular weight excluding hydrogens is 522 g/mol. The number of thiophene rings is 1. The number of aromatic nitrogens is 2. The number of nitro groups is 1. The fraction of sp³-hybridized carbons (Fsp3) is 0.0769. The third-order valence-electron chi connectivity index (χ3n) is 5.95. The van der Waals surface area contributed by atoms with Crippen molar-refractivity contribution in [3.8, 4) is 28.5 Å². The summed E-state index contributed by atoms with van der Waals surface area (Å²) in [6.07, 6.45) is 0.865. The van der Waals surface area contributed by atoms with Crippen LogP contribution < -0.4 is 16.8 Å². The van der Waals surface area contributed by atoms with Gasteiger partial charge in [0.2, 0.25) is 0 Å². The van der Waals surface area contributed by atoms with Crippen LogP contribution in [0, 0.1) is 21.4 Å². The van der Waals surface area contributed by atoms with Crippen LogP contribution >= 0.6 is 22.7 Å². The topological polar surface area (TPSA) is 174 Å². The number of fused-ring (bicyclic) bond motifs is 1. The van der Waals surface area contributed by atoms with Crippen molar-refractivity contribution in [2.45, 2.75) is 13.3 Å². The first-order chi connectivity index (χ1) is 18.3. The van der Waals surface area contributed by atoms with Crippen LogP contribution in [0.2, 0.25) is 0 Å². The summed E-state index contributed by atoms with van der Waals surface area (Å²) in [5, 5.41) is 26.2. The molecule has 0 fully saturated rings. The van der Waals surface area contributed by atoms with Crippen molar-refractivity contribution in [2.24, 2.45) is 0 Å². The van der Waals surface area contributed by atoms with Crippen molar-refractivity contribution >= 4 is 61.1 Å². The molecule has 5 rings (SSSR count). The number of nitrogens with two attached hydrogens (primary N) is 2. The molecule has 0 aliphatic rings. The number of thiazole rings is 1. The van der Waals surface area contributed by atoms with Gasteiger partial charge in [-0.1, -0.05) is 43.3 Å². The number of amides is 1. The number of nitrogen functional groups attached to an aromatic ring is 2. The molecule has 0 atom stereocenters. The molecule has 3 heterocycles. The number of anilines is 3. The Morgan fingerprint density at radius 3 is 2.61 bits per heavy atom. The summed E-state index contributed by atoms with van der Waals surface area (Å²) in [5.41, 5.74) is 16.4. The molecule has 0 radical (unpaired) electrons. The van der Waals surface area contributed by atoms with Crippen molar-refractivity contribution < 1.29 is 9.72 Å². The highest BCUT2D eigenvalue weighted by Crippen LogP contribution is 2.43. The van der Waals surface area contributed by atoms with Crippen molar-refractivity contribution in [2.75, 3.05) is 16.8 Å². The number of nitrogens with one attached hydrogen (secondary N) is 1. The molecule has 0 saturated heterocycles. The highest BCUT2D eigenvalue weighted by molar-refractivity contribution is 7.21. The minimum atomic E-state index is -0.491. The van der Waals surface area contributed by atoms with Gasteiger partial charge in [-0.15, -0.1) is 22.7 Å². The molecule has 5 N–H and O–H groups in total. The van der Waals surface area contributed by atoms with Gasteiger partial charge in [0.15, 0.2) is 5.13 Å². The molecule has 3 aromatic heterocycles. The van der Waals surface area contributed by atoms with E-state index in [4.69, 9.17) is 11.5 Å². The standard InChI is InChI=1S/C26H19N7O3S2/c1-2-13-6-8-14(9-7-13)19-17(11-27)23(29)31-25-20(19)21(28)22(38-25)24(34)32-26-30-18(12-37-26)15-4-3-5-16(10-15)33(35)36/h3-10,12H,2,28H2,1H3,(H2,29,31)(H,30,32,34). The largest absolute Gasteiger partial charge is 0.397 e. The molecule has 0 aliphatic heterocycles. The second-order valence-corrected chi connectivity index (χ2v) is 10.1. The number of non-ortho nitro benzene ring substituents is 1. The number of nitro benzene ring substituents is 1. The quantitative estimate of drug-likeness (QED) is 0.177. The molecule has 0 aliphatic carbocycles. The molecule has 1 amide bonds. The summed E-state index contributed by atoms with van der Waals surface area (Å²) in [4.78, 5) is 33.3. The Kier molecular flexibility index (Phi) is 6.46. The van der Waals surface area contributed by atoms with Gasteiger partial charge >= 0.3 is 0 Å². The van der Waals surface area contributed by atoms with Gasteiger partial charge in [-0.25, -0.2) is 9.97 Å². The van der Waals surface area contributed by atoms with Crippen LogP contribution in [-0.2, 0) is 6.42 Å². The average Bonchev–Trinajstić information content (AvgIpc) is 3.52. The molecule has 0 unspecified atom stereocenters. The third kappa shape index (κ3) is 4.40. The first-order valence-corrected chi connectivity index (χ1v) is 13.0. The molecule has 10 nitrogen and oxygen atoms in total. The Morgan fingerprint density at radius 1 is 1.16 bits per heavy atom. The first-order valence-electron chi connectivity index (χ1n) is 11.3. The maximum atomic E-state index is 13.2. The van der Waals surface area contributed by atoms with Gasteiger partial charge in [-0.05, 0) is 17.5 Å². The number of pyridine rings is 1. The molecule has 0 bridgehead atoms. The van der Waals surface area contributed by atoms with E-state index in [2.05, 4.69) is 28.3 Å². The van der Waals surface area contributed by atoms with Crippen LogP contribution in [0.3, 0.4) is 0 Å². The van der Waals surface area contributed by atoms with Crippen LogP contribution in [0.1, 0.15) is 27.7 Å². The fourth-order valence-electron chi connectivity index (χ4n) is 4.04. The van der Waals surface area contributed by atoms with Gasteiger partial charge in [0.25, 0.3) is 11.6 Å². The smallest absolute Gasteiger partial charge is 0.270 e. The summed E-state index contributed by atoms with van der Waals surface area (Å²) in [7, 11) is 0. The lowest BCUT2D eigenvalue weighted by Crippen LogP contribution is -2.11. The second kappa shape index (κ2) is 9.89. The lowest BCUT2D eigenvalue weighted by Gasteiger charge is -2.10. The highest BCUT2D eigenvalue weighted by Gasteiger charge is 2.25. The van der Waals surface area contributed by atoms with Crippen LogP contribution in [-0.4, -0.2) is 20.8 Å². The van der Waals surface area contributed by atoms with Crippen LogP contribution in [0.15, 0.2) is 53.9 Å². The molecule has 5 aromatic rings. The summed E-state index contributed by atoms with van der Waals surface area (Å²) >= 11 is 2.25. The van der Waals surface area contributed by atoms with Crippen LogP contribution in [0.25, 0.3) is 32.6 Å². The number of nitrogens with zero attached hydrogens (tertiary/aromatic N) is 4. The van der Waals surface area contributed by atoms with E-state index in [0.717, 1.165) is 28.9 Å². The Hall–Kier alpha value is -4.86. The van der Waals surface area contributed by atoms with Crippen LogP contribution in [0.4, 0.5) is 22.3 Å². The Balaban J connectivity index is 1.52. The first kappa shape index (κ1) is 24.8. The van der Waals surface area contributed by atoms with Crippen molar-refractivity contribution in [1.29, 1.82) is 5.26 Å². The number of hydrogen-bond acceptors (Lipinski definition) is 10. The number of nitriles is 1. The maximum absolute atomic E-state index is 13.2. The molecule has 188 valence electrons. The van der Waals surface area contributed by atoms with Crippen molar-refractivity contribution in [1.82, 2.24) is 9.97 Å². The predicted molar refractivity (Wildman–Crippen MR) is 150 cm³/mol. The number of benzene rings is 2.